The average Bonchev–Trinajstić information content (AvgIpc) is 2.51. The van der Waals surface area contributed by atoms with Gasteiger partial charge in [0.05, 0.1) is 15.7 Å². The third-order valence-corrected chi connectivity index (χ3v) is 5.03. The molecular weight excluding hydrogens is 290 g/mol. The maximum absolute atomic E-state index is 12.6. The van der Waals surface area contributed by atoms with Crippen LogP contribution in [0.5, 0.6) is 0 Å². The summed E-state index contributed by atoms with van der Waals surface area (Å²) >= 11 is 0. The summed E-state index contributed by atoms with van der Waals surface area (Å²) < 4.78 is 13.4. The van der Waals surface area contributed by atoms with Crippen LogP contribution in [0.4, 0.5) is 5.69 Å². The number of nitrogens with zero attached hydrogens (tertiary/aromatic N) is 1. The van der Waals surface area contributed by atoms with Crippen molar-refractivity contribution in [3.05, 3.63) is 62.3 Å². The summed E-state index contributed by atoms with van der Waals surface area (Å²) in [5, 5.41) is 11.6. The Morgan fingerprint density at radius 2 is 1.86 bits per heavy atom. The molecule has 0 N–H and O–H groups in total. The average molecular weight is 301 g/mol. The molecule has 0 aliphatic heterocycles. The Hall–Kier alpha value is -2.31. The lowest BCUT2D eigenvalue weighted by Gasteiger charge is -2.06. The van der Waals surface area contributed by atoms with Crippen molar-refractivity contribution < 1.29 is 9.48 Å². The third-order valence-electron chi connectivity index (χ3n) is 3.53. The fraction of sp³-hybridized carbons (Fsp3) is 0.133. The van der Waals surface area contributed by atoms with E-state index in [1.54, 1.807) is 31.2 Å². The van der Waals surface area contributed by atoms with Crippen LogP contribution in [-0.4, -0.2) is 9.48 Å². The molecule has 1 atom stereocenters. The van der Waals surface area contributed by atoms with E-state index in [0.29, 0.717) is 26.8 Å². The smallest absolute Gasteiger partial charge is 0.273 e. The van der Waals surface area contributed by atoms with Gasteiger partial charge in [-0.25, -0.2) is 0 Å². The summed E-state index contributed by atoms with van der Waals surface area (Å²) in [6.45, 7) is 1.79. The number of hydrogen-bond donors (Lipinski definition) is 0. The molecule has 0 fully saturated rings. The molecule has 106 valence electrons. The van der Waals surface area contributed by atoms with Crippen LogP contribution in [0.1, 0.15) is 12.5 Å². The molecule has 2 aromatic carbocycles. The van der Waals surface area contributed by atoms with Gasteiger partial charge in [-0.3, -0.25) is 14.9 Å². The Kier molecular flexibility index (Phi) is 3.19. The van der Waals surface area contributed by atoms with Crippen molar-refractivity contribution in [3.8, 4) is 0 Å². The first kappa shape index (κ1) is 13.7. The molecule has 0 spiro atoms. The number of hydrogen-bond acceptors (Lipinski definition) is 4. The molecule has 0 saturated heterocycles. The molecule has 0 aliphatic carbocycles. The zero-order valence-corrected chi connectivity index (χ0v) is 12.0. The Morgan fingerprint density at radius 1 is 1.14 bits per heavy atom. The van der Waals surface area contributed by atoms with E-state index < -0.39 is 15.7 Å². The molecule has 21 heavy (non-hydrogen) atoms. The molecule has 5 nitrogen and oxygen atoms in total. The quantitative estimate of drug-likeness (QED) is 0.313. The lowest BCUT2D eigenvalue weighted by molar-refractivity contribution is -0.385. The van der Waals surface area contributed by atoms with Crippen LogP contribution in [0.15, 0.2) is 41.2 Å². The van der Waals surface area contributed by atoms with Gasteiger partial charge in [-0.15, -0.1) is 0 Å². The standard InChI is InChI=1S/C15H11NO4S/c1-2-9-7-14-11(8-12(9)16(18)19)15(17)10-5-3-4-6-13(10)21(14)20/h3-8H,2H2,1H3. The lowest BCUT2D eigenvalue weighted by atomic mass is 10.1. The molecule has 0 bridgehead atoms. The first-order valence-electron chi connectivity index (χ1n) is 6.41. The lowest BCUT2D eigenvalue weighted by Crippen LogP contribution is -2.04. The monoisotopic (exact) mass is 301 g/mol. The Bertz CT molecular complexity index is 946. The van der Waals surface area contributed by atoms with Gasteiger partial charge in [-0.05, 0) is 29.3 Å². The number of nitro groups is 1. The van der Waals surface area contributed by atoms with E-state index in [1.165, 1.54) is 12.1 Å². The Morgan fingerprint density at radius 3 is 2.52 bits per heavy atom. The van der Waals surface area contributed by atoms with E-state index in [0.717, 1.165) is 0 Å². The maximum atomic E-state index is 12.6. The van der Waals surface area contributed by atoms with E-state index >= 15 is 0 Å². The summed E-state index contributed by atoms with van der Waals surface area (Å²) in [4.78, 5) is 23.1. The molecule has 0 radical (unpaired) electrons. The van der Waals surface area contributed by atoms with Crippen molar-refractivity contribution >= 4 is 36.6 Å². The molecule has 1 heterocycles. The van der Waals surface area contributed by atoms with E-state index in [9.17, 15) is 19.5 Å². The second kappa shape index (κ2) is 4.91. The number of nitro benzene ring substituents is 1. The van der Waals surface area contributed by atoms with E-state index in [2.05, 4.69) is 0 Å². The first-order valence-corrected chi connectivity index (χ1v) is 7.56. The molecule has 3 aromatic rings. The molecule has 1 aromatic heterocycles. The van der Waals surface area contributed by atoms with Gasteiger partial charge in [0.25, 0.3) is 5.69 Å². The second-order valence-corrected chi connectivity index (χ2v) is 6.10. The van der Waals surface area contributed by atoms with Gasteiger partial charge >= 0.3 is 0 Å². The minimum atomic E-state index is -1.49. The van der Waals surface area contributed by atoms with Gasteiger partial charge in [0, 0.05) is 17.7 Å². The van der Waals surface area contributed by atoms with Gasteiger partial charge in [-0.2, -0.15) is 0 Å². The van der Waals surface area contributed by atoms with Crippen LogP contribution >= 0.6 is 10.8 Å². The Labute approximate surface area is 122 Å². The van der Waals surface area contributed by atoms with Crippen LogP contribution in [-0.2, 0) is 6.42 Å². The second-order valence-electron chi connectivity index (χ2n) is 4.68. The van der Waals surface area contributed by atoms with Crippen LogP contribution in [0.3, 0.4) is 0 Å². The van der Waals surface area contributed by atoms with Crippen LogP contribution in [0.25, 0.3) is 20.2 Å². The van der Waals surface area contributed by atoms with Gasteiger partial charge in [0.1, 0.15) is 0 Å². The normalized spacial score (nSPS) is 12.0. The minimum Gasteiger partial charge on any atom is -0.590 e. The number of aryl methyl sites for hydroxylation is 1. The maximum Gasteiger partial charge on any atom is 0.273 e. The molecule has 6 heteroatoms. The van der Waals surface area contributed by atoms with Crippen molar-refractivity contribution in [2.24, 2.45) is 0 Å². The highest BCUT2D eigenvalue weighted by Gasteiger charge is 2.21. The van der Waals surface area contributed by atoms with Crippen molar-refractivity contribution in [2.45, 2.75) is 13.3 Å². The third kappa shape index (κ3) is 2.00. The predicted molar refractivity (Wildman–Crippen MR) is 82.4 cm³/mol. The molecule has 0 amide bonds. The van der Waals surface area contributed by atoms with Crippen LogP contribution < -0.4 is 5.43 Å². The number of fused-ring (bicyclic) bond motifs is 2. The van der Waals surface area contributed by atoms with Gasteiger partial charge < -0.3 is 4.55 Å². The van der Waals surface area contributed by atoms with Crippen molar-refractivity contribution in [3.63, 3.8) is 0 Å². The fourth-order valence-corrected chi connectivity index (χ4v) is 3.87. The highest BCUT2D eigenvalue weighted by Crippen LogP contribution is 2.35. The zero-order chi connectivity index (χ0) is 15.1. The van der Waals surface area contributed by atoms with Crippen LogP contribution in [0, 0.1) is 10.1 Å². The van der Waals surface area contributed by atoms with Crippen molar-refractivity contribution in [2.75, 3.05) is 0 Å². The SMILES string of the molecule is CCc1cc2c(cc1[N+](=O)[O-])c(=O)c1ccccc1[s+]2[O-]. The van der Waals surface area contributed by atoms with Gasteiger partial charge in [0.2, 0.25) is 5.43 Å². The first-order chi connectivity index (χ1) is 10.0. The summed E-state index contributed by atoms with van der Waals surface area (Å²) in [5.41, 5.74) is 0.0752. The van der Waals surface area contributed by atoms with Crippen molar-refractivity contribution in [1.82, 2.24) is 0 Å². The van der Waals surface area contributed by atoms with Gasteiger partial charge in [0.15, 0.2) is 9.40 Å². The largest absolute Gasteiger partial charge is 0.590 e. The van der Waals surface area contributed by atoms with Crippen molar-refractivity contribution in [1.29, 1.82) is 0 Å². The number of benzene rings is 2. The predicted octanol–water partition coefficient (Wildman–Crippen LogP) is 3.55. The molecule has 0 aliphatic rings. The summed E-state index contributed by atoms with van der Waals surface area (Å²) in [7, 11) is -1.49. The minimum absolute atomic E-state index is 0.0963. The fourth-order valence-electron chi connectivity index (χ4n) is 2.47. The van der Waals surface area contributed by atoms with Crippen LogP contribution in [0.2, 0.25) is 0 Å². The highest BCUT2D eigenvalue weighted by atomic mass is 32.2. The molecule has 1 unspecified atom stereocenters. The van der Waals surface area contributed by atoms with E-state index in [4.69, 9.17) is 0 Å². The van der Waals surface area contributed by atoms with E-state index in [1.807, 2.05) is 0 Å². The molecule has 3 rings (SSSR count). The highest BCUT2D eigenvalue weighted by molar-refractivity contribution is 7.36. The Balaban J connectivity index is 2.57. The number of rotatable bonds is 2. The summed E-state index contributed by atoms with van der Waals surface area (Å²) in [6.07, 6.45) is 0.441. The summed E-state index contributed by atoms with van der Waals surface area (Å²) in [5.74, 6) is 0. The summed E-state index contributed by atoms with van der Waals surface area (Å²) in [6, 6.07) is 9.44. The van der Waals surface area contributed by atoms with Gasteiger partial charge in [-0.1, -0.05) is 19.1 Å². The topological polar surface area (TPSA) is 83.3 Å². The molecule has 0 saturated carbocycles. The zero-order valence-electron chi connectivity index (χ0n) is 11.2. The van der Waals surface area contributed by atoms with E-state index in [-0.39, 0.29) is 16.5 Å². The molecular formula is C15H11NO4S.